The van der Waals surface area contributed by atoms with Gasteiger partial charge in [-0.25, -0.2) is 0 Å². The van der Waals surface area contributed by atoms with Crippen LogP contribution in [0.4, 0.5) is 5.69 Å². The minimum atomic E-state index is -0.00477. The summed E-state index contributed by atoms with van der Waals surface area (Å²) in [4.78, 5) is 13.8. The lowest BCUT2D eigenvalue weighted by Gasteiger charge is -2.15. The number of benzene rings is 2. The predicted octanol–water partition coefficient (Wildman–Crippen LogP) is 4.28. The van der Waals surface area contributed by atoms with E-state index in [0.717, 1.165) is 36.7 Å². The Morgan fingerprint density at radius 3 is 2.42 bits per heavy atom. The van der Waals surface area contributed by atoms with Crippen molar-refractivity contribution >= 4 is 22.6 Å². The van der Waals surface area contributed by atoms with Crippen molar-refractivity contribution in [2.24, 2.45) is 5.92 Å². The topological polar surface area (TPSA) is 80.0 Å². The highest BCUT2D eigenvalue weighted by molar-refractivity contribution is 5.92. The second-order valence-corrected chi connectivity index (χ2v) is 6.42. The van der Waals surface area contributed by atoms with E-state index in [-0.39, 0.29) is 17.6 Å². The molecule has 2 N–H and O–H groups in total. The molecule has 1 amide bonds. The van der Waals surface area contributed by atoms with Gasteiger partial charge in [-0.15, -0.1) is 15.0 Å². The normalized spacial score (nSPS) is 12.2. The molecule has 3 rings (SSSR count). The molecular weight excluding hydrogens is 328 g/mol. The summed E-state index contributed by atoms with van der Waals surface area (Å²) in [6.07, 6.45) is 3.80. The number of carbonyl (C=O) groups excluding carboxylic acids is 1. The van der Waals surface area contributed by atoms with E-state index < -0.39 is 0 Å². The number of amides is 1. The molecule has 0 aliphatic rings. The molecule has 1 heterocycles. The lowest BCUT2D eigenvalue weighted by atomic mass is 9.98. The van der Waals surface area contributed by atoms with Gasteiger partial charge in [-0.2, -0.15) is 0 Å². The lowest BCUT2D eigenvalue weighted by Crippen LogP contribution is -2.22. The van der Waals surface area contributed by atoms with Crippen LogP contribution in [-0.4, -0.2) is 26.0 Å². The largest absolute Gasteiger partial charge is 0.506 e. The van der Waals surface area contributed by atoms with Crippen LogP contribution >= 0.6 is 0 Å². The van der Waals surface area contributed by atoms with Crippen LogP contribution < -0.4 is 5.32 Å². The fourth-order valence-corrected chi connectivity index (χ4v) is 2.95. The second kappa shape index (κ2) is 7.99. The van der Waals surface area contributed by atoms with Crippen molar-refractivity contribution in [1.82, 2.24) is 15.0 Å². The van der Waals surface area contributed by atoms with Crippen molar-refractivity contribution < 1.29 is 9.90 Å². The first-order valence-corrected chi connectivity index (χ1v) is 9.08. The van der Waals surface area contributed by atoms with Gasteiger partial charge in [0.05, 0.1) is 0 Å². The molecule has 0 saturated heterocycles. The second-order valence-electron chi connectivity index (χ2n) is 6.42. The number of rotatable bonds is 7. The molecule has 0 spiro atoms. The summed E-state index contributed by atoms with van der Waals surface area (Å²) in [5, 5.41) is 22.0. The zero-order chi connectivity index (χ0) is 18.5. The van der Waals surface area contributed by atoms with Gasteiger partial charge < -0.3 is 10.4 Å². The Bertz CT molecular complexity index is 871. The van der Waals surface area contributed by atoms with Gasteiger partial charge in [0.2, 0.25) is 5.91 Å². The first-order chi connectivity index (χ1) is 12.6. The highest BCUT2D eigenvalue weighted by Crippen LogP contribution is 2.26. The molecule has 26 heavy (non-hydrogen) atoms. The lowest BCUT2D eigenvalue weighted by molar-refractivity contribution is -0.120. The third-order valence-corrected chi connectivity index (χ3v) is 4.51. The molecule has 0 saturated carbocycles. The molecule has 1 atom stereocenters. The molecule has 0 radical (unpaired) electrons. The van der Waals surface area contributed by atoms with Gasteiger partial charge in [0.25, 0.3) is 0 Å². The van der Waals surface area contributed by atoms with Crippen molar-refractivity contribution in [1.29, 1.82) is 0 Å². The smallest absolute Gasteiger partial charge is 0.227 e. The van der Waals surface area contributed by atoms with E-state index in [2.05, 4.69) is 22.4 Å². The molecule has 3 aromatic rings. The maximum Gasteiger partial charge on any atom is 0.227 e. The third kappa shape index (κ3) is 3.85. The number of fused-ring (bicyclic) bond motifs is 1. The number of phenols is 1. The molecule has 0 bridgehead atoms. The molecular formula is C20H24N4O2. The minimum absolute atomic E-state index is 0.00365. The summed E-state index contributed by atoms with van der Waals surface area (Å²) < 4.78 is 0. The van der Waals surface area contributed by atoms with E-state index in [0.29, 0.717) is 11.4 Å². The predicted molar refractivity (Wildman–Crippen MR) is 102 cm³/mol. The summed E-state index contributed by atoms with van der Waals surface area (Å²) >= 11 is 0. The summed E-state index contributed by atoms with van der Waals surface area (Å²) in [5.74, 6) is 0.00983. The standard InChI is InChI=1S/C20H24N4O2/c1-3-5-8-14(4-2)20(26)21-15-11-12-18(19(25)13-15)24-22-16-9-6-7-10-17(16)23-24/h6-7,9-14,25H,3-5,8H2,1-2H3,(H,21,26). The number of hydrogen-bond donors (Lipinski definition) is 2. The van der Waals surface area contributed by atoms with Crippen LogP contribution in [0.1, 0.15) is 39.5 Å². The number of anilines is 1. The summed E-state index contributed by atoms with van der Waals surface area (Å²) in [6.45, 7) is 4.14. The van der Waals surface area contributed by atoms with Gasteiger partial charge in [0.1, 0.15) is 22.5 Å². The van der Waals surface area contributed by atoms with Crippen molar-refractivity contribution in [3.63, 3.8) is 0 Å². The number of hydrogen-bond acceptors (Lipinski definition) is 4. The Kier molecular flexibility index (Phi) is 5.51. The van der Waals surface area contributed by atoms with Gasteiger partial charge in [-0.05, 0) is 37.1 Å². The molecule has 1 unspecified atom stereocenters. The summed E-state index contributed by atoms with van der Waals surface area (Å²) in [5.41, 5.74) is 2.55. The molecule has 0 aliphatic heterocycles. The van der Waals surface area contributed by atoms with E-state index in [1.807, 2.05) is 31.2 Å². The Balaban J connectivity index is 1.77. The van der Waals surface area contributed by atoms with Crippen LogP contribution in [0.2, 0.25) is 0 Å². The fourth-order valence-electron chi connectivity index (χ4n) is 2.95. The number of nitrogens with one attached hydrogen (secondary N) is 1. The van der Waals surface area contributed by atoms with Crippen molar-refractivity contribution in [2.75, 3.05) is 5.32 Å². The number of aromatic nitrogens is 3. The average Bonchev–Trinajstić information content (AvgIpc) is 3.06. The minimum Gasteiger partial charge on any atom is -0.506 e. The van der Waals surface area contributed by atoms with Crippen LogP contribution in [0.15, 0.2) is 42.5 Å². The number of aromatic hydroxyl groups is 1. The van der Waals surface area contributed by atoms with Crippen molar-refractivity contribution in [3.8, 4) is 11.4 Å². The highest BCUT2D eigenvalue weighted by atomic mass is 16.3. The number of phenolic OH excluding ortho intramolecular Hbond substituents is 1. The Labute approximate surface area is 152 Å². The number of carbonyl (C=O) groups is 1. The van der Waals surface area contributed by atoms with Gasteiger partial charge in [0, 0.05) is 17.7 Å². The molecule has 136 valence electrons. The van der Waals surface area contributed by atoms with E-state index in [9.17, 15) is 9.90 Å². The number of unbranched alkanes of at least 4 members (excludes halogenated alkanes) is 1. The molecule has 2 aromatic carbocycles. The van der Waals surface area contributed by atoms with Crippen molar-refractivity contribution in [3.05, 3.63) is 42.5 Å². The van der Waals surface area contributed by atoms with Crippen molar-refractivity contribution in [2.45, 2.75) is 39.5 Å². The van der Waals surface area contributed by atoms with E-state index in [1.165, 1.54) is 10.9 Å². The molecule has 1 aromatic heterocycles. The van der Waals surface area contributed by atoms with Gasteiger partial charge in [-0.3, -0.25) is 4.79 Å². The Morgan fingerprint density at radius 2 is 1.85 bits per heavy atom. The highest BCUT2D eigenvalue weighted by Gasteiger charge is 2.17. The van der Waals surface area contributed by atoms with Gasteiger partial charge >= 0.3 is 0 Å². The van der Waals surface area contributed by atoms with Crippen LogP contribution in [0.3, 0.4) is 0 Å². The maximum atomic E-state index is 12.4. The average molecular weight is 352 g/mol. The van der Waals surface area contributed by atoms with Crippen LogP contribution in [-0.2, 0) is 4.79 Å². The van der Waals surface area contributed by atoms with E-state index >= 15 is 0 Å². The monoisotopic (exact) mass is 352 g/mol. The quantitative estimate of drug-likeness (QED) is 0.665. The van der Waals surface area contributed by atoms with Crippen LogP contribution in [0.5, 0.6) is 5.75 Å². The van der Waals surface area contributed by atoms with E-state index in [4.69, 9.17) is 0 Å². The fraction of sp³-hybridized carbons (Fsp3) is 0.350. The zero-order valence-corrected chi connectivity index (χ0v) is 15.1. The third-order valence-electron chi connectivity index (χ3n) is 4.51. The summed E-state index contributed by atoms with van der Waals surface area (Å²) in [7, 11) is 0. The molecule has 6 nitrogen and oxygen atoms in total. The zero-order valence-electron chi connectivity index (χ0n) is 15.1. The maximum absolute atomic E-state index is 12.4. The molecule has 0 aliphatic carbocycles. The Hall–Kier alpha value is -2.89. The SMILES string of the molecule is CCCCC(CC)C(=O)Nc1ccc(-n2nc3ccccc3n2)c(O)c1. The summed E-state index contributed by atoms with van der Waals surface area (Å²) in [6, 6.07) is 12.5. The Morgan fingerprint density at radius 1 is 1.15 bits per heavy atom. The molecule has 0 fully saturated rings. The van der Waals surface area contributed by atoms with Gasteiger partial charge in [0.15, 0.2) is 0 Å². The number of nitrogens with zero attached hydrogens (tertiary/aromatic N) is 3. The van der Waals surface area contributed by atoms with Gasteiger partial charge in [-0.1, -0.05) is 38.8 Å². The van der Waals surface area contributed by atoms with E-state index in [1.54, 1.807) is 12.1 Å². The first-order valence-electron chi connectivity index (χ1n) is 9.08. The van der Waals surface area contributed by atoms with Crippen LogP contribution in [0.25, 0.3) is 16.7 Å². The van der Waals surface area contributed by atoms with Crippen LogP contribution in [0, 0.1) is 5.92 Å². The first kappa shape index (κ1) is 17.9. The molecule has 6 heteroatoms.